The summed E-state index contributed by atoms with van der Waals surface area (Å²) < 4.78 is 12.7. The zero-order valence-corrected chi connectivity index (χ0v) is 21.1. The lowest BCUT2D eigenvalue weighted by Gasteiger charge is -2.36. The molecule has 0 N–H and O–H groups in total. The van der Waals surface area contributed by atoms with Gasteiger partial charge in [-0.15, -0.1) is 0 Å². The highest BCUT2D eigenvalue weighted by atomic mass is 16.5. The lowest BCUT2D eigenvalue weighted by Crippen LogP contribution is -2.50. The SMILES string of the molecule is COCCOc1ccc2c(c1)ncn2-c1ccc2cc(N3CCN(C(=O)CN(C)C)CC3)ccc2n1. The van der Waals surface area contributed by atoms with E-state index in [4.69, 9.17) is 14.5 Å². The first kappa shape index (κ1) is 24.0. The second-order valence-electron chi connectivity index (χ2n) is 9.26. The standard InChI is InChI=1S/C27H32N6O3/c1-30(2)18-27(34)32-12-10-31(11-13-32)21-5-7-23-20(16-21)4-9-26(29-23)33-19-28-24-17-22(6-8-25(24)33)36-15-14-35-3/h4-9,16-17,19H,10-15,18H2,1-3H3. The number of piperazine rings is 1. The molecule has 0 unspecified atom stereocenters. The van der Waals surface area contributed by atoms with Crippen LogP contribution in [0.15, 0.2) is 54.9 Å². The lowest BCUT2D eigenvalue weighted by molar-refractivity contribution is -0.132. The van der Waals surface area contributed by atoms with Crippen molar-refractivity contribution >= 4 is 33.5 Å². The Morgan fingerprint density at radius 3 is 2.58 bits per heavy atom. The number of carbonyl (C=O) groups is 1. The van der Waals surface area contributed by atoms with E-state index < -0.39 is 0 Å². The number of carbonyl (C=O) groups excluding carboxylic acids is 1. The molecule has 1 amide bonds. The van der Waals surface area contributed by atoms with Crippen molar-refractivity contribution < 1.29 is 14.3 Å². The number of anilines is 1. The third-order valence-electron chi connectivity index (χ3n) is 6.43. The fraction of sp³-hybridized carbons (Fsp3) is 0.370. The molecule has 2 aromatic heterocycles. The Kier molecular flexibility index (Phi) is 7.02. The van der Waals surface area contributed by atoms with Crippen LogP contribution in [-0.4, -0.2) is 97.4 Å². The van der Waals surface area contributed by atoms with E-state index in [1.165, 1.54) is 0 Å². The molecular weight excluding hydrogens is 456 g/mol. The molecule has 9 nitrogen and oxygen atoms in total. The lowest BCUT2D eigenvalue weighted by atomic mass is 10.1. The summed E-state index contributed by atoms with van der Waals surface area (Å²) in [6, 6.07) is 16.4. The predicted octanol–water partition coefficient (Wildman–Crippen LogP) is 2.81. The van der Waals surface area contributed by atoms with E-state index in [-0.39, 0.29) is 5.91 Å². The van der Waals surface area contributed by atoms with Gasteiger partial charge in [0, 0.05) is 50.4 Å². The number of nitrogens with zero attached hydrogens (tertiary/aromatic N) is 6. The maximum absolute atomic E-state index is 12.3. The number of hydrogen-bond acceptors (Lipinski definition) is 7. The molecule has 4 aromatic rings. The van der Waals surface area contributed by atoms with Gasteiger partial charge in [0.25, 0.3) is 0 Å². The molecule has 0 spiro atoms. The molecule has 0 atom stereocenters. The molecule has 0 bridgehead atoms. The molecule has 1 saturated heterocycles. The van der Waals surface area contributed by atoms with Gasteiger partial charge in [-0.25, -0.2) is 9.97 Å². The molecule has 0 saturated carbocycles. The molecule has 1 aliphatic rings. The number of likely N-dealkylation sites (N-methyl/N-ethyl adjacent to an activating group) is 1. The van der Waals surface area contributed by atoms with Crippen LogP contribution in [0.25, 0.3) is 27.8 Å². The normalized spacial score (nSPS) is 14.2. The van der Waals surface area contributed by atoms with Crippen LogP contribution in [0.4, 0.5) is 5.69 Å². The molecule has 3 heterocycles. The largest absolute Gasteiger partial charge is 0.491 e. The van der Waals surface area contributed by atoms with Gasteiger partial charge in [-0.2, -0.15) is 0 Å². The van der Waals surface area contributed by atoms with Crippen molar-refractivity contribution in [1.29, 1.82) is 0 Å². The highest BCUT2D eigenvalue weighted by Crippen LogP contribution is 2.26. The predicted molar refractivity (Wildman–Crippen MR) is 141 cm³/mol. The van der Waals surface area contributed by atoms with Gasteiger partial charge in [0.2, 0.25) is 5.91 Å². The van der Waals surface area contributed by atoms with Crippen LogP contribution in [0, 0.1) is 0 Å². The van der Waals surface area contributed by atoms with Gasteiger partial charge < -0.3 is 24.2 Å². The average molecular weight is 489 g/mol. The number of hydrogen-bond donors (Lipinski definition) is 0. The molecular formula is C27H32N6O3. The number of imidazole rings is 1. The third kappa shape index (κ3) is 5.12. The Morgan fingerprint density at radius 2 is 1.81 bits per heavy atom. The summed E-state index contributed by atoms with van der Waals surface area (Å²) in [5, 5.41) is 1.08. The molecule has 5 rings (SSSR count). The van der Waals surface area contributed by atoms with Crippen LogP contribution >= 0.6 is 0 Å². The topological polar surface area (TPSA) is 76.0 Å². The maximum atomic E-state index is 12.3. The van der Waals surface area contributed by atoms with E-state index in [2.05, 4.69) is 34.1 Å². The number of methoxy groups -OCH3 is 1. The summed E-state index contributed by atoms with van der Waals surface area (Å²) in [5.41, 5.74) is 3.91. The Balaban J connectivity index is 1.30. The van der Waals surface area contributed by atoms with E-state index in [0.29, 0.717) is 19.8 Å². The van der Waals surface area contributed by atoms with Crippen LogP contribution in [0.3, 0.4) is 0 Å². The van der Waals surface area contributed by atoms with Crippen molar-refractivity contribution in [2.75, 3.05) is 72.0 Å². The summed E-state index contributed by atoms with van der Waals surface area (Å²) >= 11 is 0. The molecule has 1 fully saturated rings. The van der Waals surface area contributed by atoms with Crippen LogP contribution < -0.4 is 9.64 Å². The summed E-state index contributed by atoms with van der Waals surface area (Å²) in [7, 11) is 5.51. The first-order chi connectivity index (χ1) is 17.5. The minimum absolute atomic E-state index is 0.191. The van der Waals surface area contributed by atoms with E-state index in [1.807, 2.05) is 52.7 Å². The fourth-order valence-electron chi connectivity index (χ4n) is 4.53. The monoisotopic (exact) mass is 488 g/mol. The first-order valence-corrected chi connectivity index (χ1v) is 12.2. The van der Waals surface area contributed by atoms with Crippen LogP contribution in [0.5, 0.6) is 5.75 Å². The van der Waals surface area contributed by atoms with Gasteiger partial charge in [-0.05, 0) is 56.6 Å². The first-order valence-electron chi connectivity index (χ1n) is 12.2. The summed E-state index contributed by atoms with van der Waals surface area (Å²) in [4.78, 5) is 28.0. The van der Waals surface area contributed by atoms with E-state index in [9.17, 15) is 4.79 Å². The second kappa shape index (κ2) is 10.5. The van der Waals surface area contributed by atoms with E-state index in [0.717, 1.165) is 65.4 Å². The Morgan fingerprint density at radius 1 is 0.972 bits per heavy atom. The Bertz CT molecular complexity index is 1360. The zero-order chi connectivity index (χ0) is 25.1. The van der Waals surface area contributed by atoms with Gasteiger partial charge in [-0.3, -0.25) is 9.36 Å². The second-order valence-corrected chi connectivity index (χ2v) is 9.26. The molecule has 9 heteroatoms. The minimum atomic E-state index is 0.191. The Hall–Kier alpha value is -3.69. The van der Waals surface area contributed by atoms with Crippen molar-refractivity contribution in [2.24, 2.45) is 0 Å². The van der Waals surface area contributed by atoms with Crippen molar-refractivity contribution in [2.45, 2.75) is 0 Å². The van der Waals surface area contributed by atoms with E-state index >= 15 is 0 Å². The fourth-order valence-corrected chi connectivity index (χ4v) is 4.53. The van der Waals surface area contributed by atoms with Gasteiger partial charge in [0.05, 0.1) is 29.7 Å². The molecule has 36 heavy (non-hydrogen) atoms. The highest BCUT2D eigenvalue weighted by molar-refractivity contribution is 5.85. The Labute approximate surface area is 210 Å². The van der Waals surface area contributed by atoms with Crippen LogP contribution in [0.1, 0.15) is 0 Å². The summed E-state index contributed by atoms with van der Waals surface area (Å²) in [6.07, 6.45) is 1.79. The summed E-state index contributed by atoms with van der Waals surface area (Å²) in [5.74, 6) is 1.78. The van der Waals surface area contributed by atoms with Gasteiger partial charge in [-0.1, -0.05) is 0 Å². The average Bonchev–Trinajstić information content (AvgIpc) is 3.31. The number of benzene rings is 2. The van der Waals surface area contributed by atoms with Crippen molar-refractivity contribution in [1.82, 2.24) is 24.3 Å². The van der Waals surface area contributed by atoms with Gasteiger partial charge >= 0.3 is 0 Å². The van der Waals surface area contributed by atoms with Crippen LogP contribution in [-0.2, 0) is 9.53 Å². The summed E-state index contributed by atoms with van der Waals surface area (Å²) in [6.45, 7) is 4.65. The van der Waals surface area contributed by atoms with Crippen molar-refractivity contribution in [3.63, 3.8) is 0 Å². The van der Waals surface area contributed by atoms with Crippen LogP contribution in [0.2, 0.25) is 0 Å². The number of aromatic nitrogens is 3. The quantitative estimate of drug-likeness (QED) is 0.353. The van der Waals surface area contributed by atoms with Gasteiger partial charge in [0.1, 0.15) is 24.5 Å². The van der Waals surface area contributed by atoms with E-state index in [1.54, 1.807) is 13.4 Å². The number of ether oxygens (including phenoxy) is 2. The maximum Gasteiger partial charge on any atom is 0.236 e. The molecule has 1 aliphatic heterocycles. The molecule has 2 aromatic carbocycles. The molecule has 0 aliphatic carbocycles. The van der Waals surface area contributed by atoms with Gasteiger partial charge in [0.15, 0.2) is 0 Å². The number of pyridine rings is 1. The van der Waals surface area contributed by atoms with Crippen molar-refractivity contribution in [3.05, 3.63) is 54.9 Å². The number of fused-ring (bicyclic) bond motifs is 2. The highest BCUT2D eigenvalue weighted by Gasteiger charge is 2.21. The zero-order valence-electron chi connectivity index (χ0n) is 21.1. The molecule has 0 radical (unpaired) electrons. The van der Waals surface area contributed by atoms with Crippen molar-refractivity contribution in [3.8, 4) is 11.6 Å². The third-order valence-corrected chi connectivity index (χ3v) is 6.43. The minimum Gasteiger partial charge on any atom is -0.491 e. The molecule has 188 valence electrons. The number of rotatable bonds is 8. The smallest absolute Gasteiger partial charge is 0.236 e. The number of amides is 1.